The molecule has 1 saturated heterocycles. The van der Waals surface area contributed by atoms with Gasteiger partial charge in [-0.3, -0.25) is 14.4 Å². The molecular weight excluding hydrogens is 378 g/mol. The molecule has 0 saturated carbocycles. The minimum Gasteiger partial charge on any atom is -0.508 e. The summed E-state index contributed by atoms with van der Waals surface area (Å²) < 4.78 is 0. The second-order valence-corrected chi connectivity index (χ2v) is 7.50. The van der Waals surface area contributed by atoms with Crippen LogP contribution in [0.25, 0.3) is 5.57 Å². The Morgan fingerprint density at radius 1 is 1.00 bits per heavy atom. The minimum absolute atomic E-state index is 0.0396. The van der Waals surface area contributed by atoms with E-state index in [4.69, 9.17) is 0 Å². The zero-order valence-electron chi connectivity index (χ0n) is 15.2. The molecule has 0 bridgehead atoms. The molecule has 2 aliphatic rings. The van der Waals surface area contributed by atoms with Crippen molar-refractivity contribution in [3.05, 3.63) is 59.0 Å². The number of amides is 3. The molecule has 0 atom stereocenters. The maximum Gasteiger partial charge on any atom is 0.295 e. The topological polar surface area (TPSA) is 81.2 Å². The van der Waals surface area contributed by atoms with Crippen LogP contribution < -0.4 is 9.80 Å². The molecule has 1 N–H and O–H groups in total. The van der Waals surface area contributed by atoms with Crippen LogP contribution in [0.2, 0.25) is 0 Å². The van der Waals surface area contributed by atoms with E-state index in [1.54, 1.807) is 43.3 Å². The zero-order chi connectivity index (χ0) is 20.0. The van der Waals surface area contributed by atoms with E-state index in [-0.39, 0.29) is 28.8 Å². The molecule has 28 heavy (non-hydrogen) atoms. The molecule has 0 spiro atoms. The Morgan fingerprint density at radius 3 is 2.39 bits per heavy atom. The van der Waals surface area contributed by atoms with Gasteiger partial charge in [-0.15, -0.1) is 0 Å². The summed E-state index contributed by atoms with van der Waals surface area (Å²) in [6, 6.07) is 13.7. The molecule has 2 heterocycles. The molecule has 2 aliphatic heterocycles. The first-order valence-corrected chi connectivity index (χ1v) is 9.35. The predicted molar refractivity (Wildman–Crippen MR) is 108 cm³/mol. The molecule has 2 aromatic carbocycles. The average Bonchev–Trinajstić information content (AvgIpc) is 3.10. The fraction of sp³-hybridized carbons (Fsp3) is 0.150. The Hall–Kier alpha value is -3.26. The van der Waals surface area contributed by atoms with Crippen LogP contribution in [0.1, 0.15) is 5.56 Å². The molecule has 0 unspecified atom stereocenters. The smallest absolute Gasteiger partial charge is 0.295 e. The van der Waals surface area contributed by atoms with Crippen LogP contribution in [0.5, 0.6) is 5.75 Å². The van der Waals surface area contributed by atoms with E-state index < -0.39 is 11.1 Å². The van der Waals surface area contributed by atoms with E-state index in [1.807, 2.05) is 12.1 Å². The first-order valence-electron chi connectivity index (χ1n) is 8.54. The number of fused-ring (bicyclic) bond motifs is 1. The molecule has 0 aromatic heterocycles. The lowest BCUT2D eigenvalue weighted by Gasteiger charge is -2.24. The number of thioether (sulfide) groups is 1. The summed E-state index contributed by atoms with van der Waals surface area (Å²) in [4.78, 5) is 42.7. The van der Waals surface area contributed by atoms with Crippen molar-refractivity contribution in [2.75, 3.05) is 30.6 Å². The van der Waals surface area contributed by atoms with Crippen LogP contribution in [-0.2, 0) is 9.59 Å². The molecule has 1 fully saturated rings. The molecule has 8 heteroatoms. The number of phenols is 1. The fourth-order valence-corrected chi connectivity index (χ4v) is 4.18. The van der Waals surface area contributed by atoms with Crippen LogP contribution in [0.4, 0.5) is 16.2 Å². The number of hydrogen-bond donors (Lipinski definition) is 1. The summed E-state index contributed by atoms with van der Waals surface area (Å²) in [6.07, 6.45) is 0. The van der Waals surface area contributed by atoms with Crippen LogP contribution >= 0.6 is 11.8 Å². The van der Waals surface area contributed by atoms with Crippen LogP contribution in [0.3, 0.4) is 0 Å². The SMILES string of the molecule is CN(CN1C(=O)SC(=C2C(=O)N(C)c3ccccc32)C1=O)c1ccc(O)cc1. The maximum absolute atomic E-state index is 13.0. The number of rotatable bonds is 3. The average molecular weight is 395 g/mol. The zero-order valence-corrected chi connectivity index (χ0v) is 16.1. The lowest BCUT2D eigenvalue weighted by atomic mass is 10.1. The number of phenolic OH excluding ortho intramolecular Hbond substituents is 1. The number of aromatic hydroxyl groups is 1. The van der Waals surface area contributed by atoms with Gasteiger partial charge in [0.15, 0.2) is 0 Å². The van der Waals surface area contributed by atoms with Crippen molar-refractivity contribution in [2.24, 2.45) is 0 Å². The van der Waals surface area contributed by atoms with Gasteiger partial charge in [0.05, 0.1) is 16.2 Å². The summed E-state index contributed by atoms with van der Waals surface area (Å²) in [5.74, 6) is -0.636. The summed E-state index contributed by atoms with van der Waals surface area (Å²) in [5, 5.41) is 8.99. The number of imide groups is 1. The lowest BCUT2D eigenvalue weighted by Crippen LogP contribution is -2.38. The number of benzene rings is 2. The summed E-state index contributed by atoms with van der Waals surface area (Å²) in [5.41, 5.74) is 2.39. The predicted octanol–water partition coefficient (Wildman–Crippen LogP) is 2.87. The number of nitrogens with zero attached hydrogens (tertiary/aromatic N) is 3. The number of para-hydroxylation sites is 1. The quantitative estimate of drug-likeness (QED) is 0.805. The van der Waals surface area contributed by atoms with Crippen LogP contribution in [-0.4, -0.2) is 47.8 Å². The van der Waals surface area contributed by atoms with Crippen LogP contribution in [0.15, 0.2) is 53.4 Å². The highest BCUT2D eigenvalue weighted by molar-refractivity contribution is 8.18. The van der Waals surface area contributed by atoms with Crippen molar-refractivity contribution < 1.29 is 19.5 Å². The third kappa shape index (κ3) is 2.82. The van der Waals surface area contributed by atoms with Crippen molar-refractivity contribution in [1.29, 1.82) is 0 Å². The monoisotopic (exact) mass is 395 g/mol. The molecule has 0 radical (unpaired) electrons. The standard InChI is InChI=1S/C20H17N3O4S/c1-21(12-7-9-13(24)10-8-12)11-23-19(26)17(28-20(23)27)16-14-5-3-4-6-15(14)22(2)18(16)25/h3-10,24H,11H2,1-2H3. The Bertz CT molecular complexity index is 1030. The van der Waals surface area contributed by atoms with E-state index in [9.17, 15) is 19.5 Å². The number of carbonyl (C=O) groups is 3. The molecule has 7 nitrogen and oxygen atoms in total. The minimum atomic E-state index is -0.478. The van der Waals surface area contributed by atoms with Gasteiger partial charge in [0, 0.05) is 25.3 Å². The van der Waals surface area contributed by atoms with Crippen molar-refractivity contribution >= 4 is 45.8 Å². The van der Waals surface area contributed by atoms with Gasteiger partial charge in [-0.1, -0.05) is 18.2 Å². The first kappa shape index (κ1) is 18.1. The van der Waals surface area contributed by atoms with Crippen molar-refractivity contribution in [3.8, 4) is 5.75 Å². The van der Waals surface area contributed by atoms with Crippen molar-refractivity contribution in [2.45, 2.75) is 0 Å². The number of anilines is 2. The number of likely N-dealkylation sites (N-methyl/N-ethyl adjacent to an activating group) is 1. The maximum atomic E-state index is 13.0. The number of hydrogen-bond acceptors (Lipinski definition) is 6. The van der Waals surface area contributed by atoms with Gasteiger partial charge in [-0.05, 0) is 42.1 Å². The van der Waals surface area contributed by atoms with E-state index in [0.717, 1.165) is 28.0 Å². The Morgan fingerprint density at radius 2 is 1.68 bits per heavy atom. The van der Waals surface area contributed by atoms with Gasteiger partial charge in [-0.2, -0.15) is 0 Å². The Labute approximate surface area is 165 Å². The van der Waals surface area contributed by atoms with E-state index >= 15 is 0 Å². The van der Waals surface area contributed by atoms with Gasteiger partial charge in [-0.25, -0.2) is 4.90 Å². The van der Waals surface area contributed by atoms with E-state index in [1.165, 1.54) is 17.0 Å². The van der Waals surface area contributed by atoms with E-state index in [2.05, 4.69) is 0 Å². The van der Waals surface area contributed by atoms with Crippen LogP contribution in [0, 0.1) is 0 Å². The van der Waals surface area contributed by atoms with E-state index in [0.29, 0.717) is 5.56 Å². The van der Waals surface area contributed by atoms with Gasteiger partial charge in [0.1, 0.15) is 12.4 Å². The third-order valence-electron chi connectivity index (χ3n) is 4.77. The first-order chi connectivity index (χ1) is 13.4. The second-order valence-electron chi connectivity index (χ2n) is 6.54. The molecular formula is C20H17N3O4S. The lowest BCUT2D eigenvalue weighted by molar-refractivity contribution is -0.123. The molecule has 2 aromatic rings. The van der Waals surface area contributed by atoms with Gasteiger partial charge >= 0.3 is 0 Å². The molecule has 142 valence electrons. The largest absolute Gasteiger partial charge is 0.508 e. The Balaban J connectivity index is 1.65. The highest BCUT2D eigenvalue weighted by atomic mass is 32.2. The molecule has 4 rings (SSSR count). The highest BCUT2D eigenvalue weighted by Gasteiger charge is 2.42. The van der Waals surface area contributed by atoms with Gasteiger partial charge in [0.25, 0.3) is 17.1 Å². The number of carbonyl (C=O) groups excluding carboxylic acids is 3. The second kappa shape index (κ2) is 6.72. The van der Waals surface area contributed by atoms with Crippen molar-refractivity contribution in [3.63, 3.8) is 0 Å². The third-order valence-corrected chi connectivity index (χ3v) is 5.75. The highest BCUT2D eigenvalue weighted by Crippen LogP contribution is 2.43. The summed E-state index contributed by atoms with van der Waals surface area (Å²) >= 11 is 0.791. The Kier molecular flexibility index (Phi) is 4.35. The van der Waals surface area contributed by atoms with Crippen molar-refractivity contribution in [1.82, 2.24) is 4.90 Å². The van der Waals surface area contributed by atoms with Gasteiger partial charge < -0.3 is 14.9 Å². The normalized spacial score (nSPS) is 18.9. The fourth-order valence-electron chi connectivity index (χ4n) is 3.26. The molecule has 3 amide bonds. The molecule has 0 aliphatic carbocycles. The van der Waals surface area contributed by atoms with Gasteiger partial charge in [0.2, 0.25) is 0 Å². The summed E-state index contributed by atoms with van der Waals surface area (Å²) in [6.45, 7) is 0.0396. The summed E-state index contributed by atoms with van der Waals surface area (Å²) in [7, 11) is 3.39.